The van der Waals surface area contributed by atoms with Crippen molar-refractivity contribution in [2.45, 2.75) is 18.9 Å². The lowest BCUT2D eigenvalue weighted by atomic mass is 9.91. The minimum Gasteiger partial charge on any atom is -0.381 e. The van der Waals surface area contributed by atoms with Crippen molar-refractivity contribution in [3.05, 3.63) is 42.1 Å². The molecule has 1 fully saturated rings. The summed E-state index contributed by atoms with van der Waals surface area (Å²) in [5.41, 5.74) is 0.560. The minimum atomic E-state index is 0.0873. The summed E-state index contributed by atoms with van der Waals surface area (Å²) in [5, 5.41) is 12.3. The van der Waals surface area contributed by atoms with Gasteiger partial charge < -0.3 is 14.6 Å². The Balaban J connectivity index is 1.84. The fraction of sp³-hybridized carbons (Fsp3) is 0.438. The fourth-order valence-electron chi connectivity index (χ4n) is 2.82. The van der Waals surface area contributed by atoms with Gasteiger partial charge in [-0.15, -0.1) is 0 Å². The highest BCUT2D eigenvalue weighted by atomic mass is 16.5. The number of pyridine rings is 1. The smallest absolute Gasteiger partial charge is 0.131 e. The Hall–Kier alpha value is -2.39. The lowest BCUT2D eigenvalue weighted by Gasteiger charge is -2.31. The van der Waals surface area contributed by atoms with E-state index in [0.29, 0.717) is 11.5 Å². The van der Waals surface area contributed by atoms with Gasteiger partial charge >= 0.3 is 0 Å². The van der Waals surface area contributed by atoms with E-state index >= 15 is 0 Å². The molecule has 0 radical (unpaired) electrons. The Morgan fingerprint density at radius 2 is 2.18 bits per heavy atom. The van der Waals surface area contributed by atoms with Crippen molar-refractivity contribution in [1.82, 2.24) is 14.5 Å². The van der Waals surface area contributed by atoms with Crippen LogP contribution < -0.4 is 5.32 Å². The van der Waals surface area contributed by atoms with Crippen molar-refractivity contribution in [2.75, 3.05) is 18.5 Å². The van der Waals surface area contributed by atoms with Crippen LogP contribution in [-0.4, -0.2) is 27.7 Å². The topological polar surface area (TPSA) is 75.8 Å². The van der Waals surface area contributed by atoms with Gasteiger partial charge in [-0.2, -0.15) is 5.26 Å². The zero-order valence-electron chi connectivity index (χ0n) is 12.6. The van der Waals surface area contributed by atoms with Gasteiger partial charge in [0.1, 0.15) is 17.7 Å². The van der Waals surface area contributed by atoms with Crippen LogP contribution in [0.3, 0.4) is 0 Å². The van der Waals surface area contributed by atoms with Gasteiger partial charge in [-0.25, -0.2) is 9.97 Å². The summed E-state index contributed by atoms with van der Waals surface area (Å²) in [4.78, 5) is 8.82. The summed E-state index contributed by atoms with van der Waals surface area (Å²) in [6, 6.07) is 5.79. The molecular formula is C16H19N5O. The Morgan fingerprint density at radius 1 is 1.36 bits per heavy atom. The second-order valence-corrected chi connectivity index (χ2v) is 5.51. The molecule has 1 unspecified atom stereocenters. The Morgan fingerprint density at radius 3 is 2.77 bits per heavy atom. The number of anilines is 1. The van der Waals surface area contributed by atoms with Crippen molar-refractivity contribution < 1.29 is 4.74 Å². The number of aromatic nitrogens is 3. The molecular weight excluding hydrogens is 278 g/mol. The van der Waals surface area contributed by atoms with E-state index in [9.17, 15) is 0 Å². The number of hydrogen-bond acceptors (Lipinski definition) is 5. The second-order valence-electron chi connectivity index (χ2n) is 5.51. The zero-order valence-corrected chi connectivity index (χ0v) is 12.6. The van der Waals surface area contributed by atoms with Gasteiger partial charge in [0.15, 0.2) is 0 Å². The van der Waals surface area contributed by atoms with E-state index in [1.165, 1.54) is 0 Å². The van der Waals surface area contributed by atoms with Gasteiger partial charge in [-0.3, -0.25) is 0 Å². The van der Waals surface area contributed by atoms with Crippen molar-refractivity contribution >= 4 is 5.82 Å². The van der Waals surface area contributed by atoms with E-state index in [2.05, 4.69) is 21.4 Å². The molecule has 0 aromatic carbocycles. The highest BCUT2D eigenvalue weighted by Crippen LogP contribution is 2.31. The number of imidazole rings is 1. The number of nitriles is 1. The summed E-state index contributed by atoms with van der Waals surface area (Å²) in [6.07, 6.45) is 7.36. The first-order chi connectivity index (χ1) is 10.8. The second kappa shape index (κ2) is 6.58. The van der Waals surface area contributed by atoms with Gasteiger partial charge in [0.05, 0.1) is 11.6 Å². The van der Waals surface area contributed by atoms with Crippen molar-refractivity contribution in [3.63, 3.8) is 0 Å². The predicted octanol–water partition coefficient (Wildman–Crippen LogP) is 2.27. The molecule has 3 rings (SSSR count). The largest absolute Gasteiger partial charge is 0.381 e. The van der Waals surface area contributed by atoms with Crippen LogP contribution in [0.4, 0.5) is 5.82 Å². The quantitative estimate of drug-likeness (QED) is 0.937. The maximum atomic E-state index is 8.86. The Labute approximate surface area is 129 Å². The van der Waals surface area contributed by atoms with E-state index in [1.807, 2.05) is 30.1 Å². The molecule has 1 atom stereocenters. The molecule has 6 heteroatoms. The van der Waals surface area contributed by atoms with Crippen molar-refractivity contribution in [2.24, 2.45) is 13.0 Å². The summed E-state index contributed by atoms with van der Waals surface area (Å²) in [5.74, 6) is 2.21. The number of aryl methyl sites for hydroxylation is 1. The highest BCUT2D eigenvalue weighted by molar-refractivity contribution is 5.40. The minimum absolute atomic E-state index is 0.0873. The van der Waals surface area contributed by atoms with E-state index in [1.54, 1.807) is 12.3 Å². The van der Waals surface area contributed by atoms with Crippen LogP contribution >= 0.6 is 0 Å². The molecule has 1 aliphatic rings. The SMILES string of the molecule is Cn1ccnc1C(Nc1ccc(C#N)cn1)C1CCOCC1. The standard InChI is InChI=1S/C16H19N5O/c1-21-7-6-18-16(21)15(13-4-8-22-9-5-13)20-14-3-2-12(10-17)11-19-14/h2-3,6-7,11,13,15H,4-5,8-9H2,1H3,(H,19,20). The molecule has 1 aliphatic heterocycles. The van der Waals surface area contributed by atoms with Crippen LogP contribution in [0, 0.1) is 17.2 Å². The highest BCUT2D eigenvalue weighted by Gasteiger charge is 2.28. The molecule has 2 aromatic heterocycles. The number of hydrogen-bond donors (Lipinski definition) is 1. The molecule has 3 heterocycles. The first kappa shape index (κ1) is 14.5. The third-order valence-corrected chi connectivity index (χ3v) is 4.07. The lowest BCUT2D eigenvalue weighted by Crippen LogP contribution is -2.29. The zero-order chi connectivity index (χ0) is 15.4. The van der Waals surface area contributed by atoms with E-state index < -0.39 is 0 Å². The number of rotatable bonds is 4. The Kier molecular flexibility index (Phi) is 4.35. The molecule has 0 bridgehead atoms. The normalized spacial score (nSPS) is 16.9. The van der Waals surface area contributed by atoms with Gasteiger partial charge in [-0.1, -0.05) is 0 Å². The van der Waals surface area contributed by atoms with Crippen LogP contribution in [0.2, 0.25) is 0 Å². The summed E-state index contributed by atoms with van der Waals surface area (Å²) in [6.45, 7) is 1.57. The average molecular weight is 297 g/mol. The van der Waals surface area contributed by atoms with Gasteiger partial charge in [0.25, 0.3) is 0 Å². The van der Waals surface area contributed by atoms with Gasteiger partial charge in [0.2, 0.25) is 0 Å². The summed E-state index contributed by atoms with van der Waals surface area (Å²) >= 11 is 0. The predicted molar refractivity (Wildman–Crippen MR) is 82.1 cm³/mol. The van der Waals surface area contributed by atoms with Crippen molar-refractivity contribution in [1.29, 1.82) is 5.26 Å². The summed E-state index contributed by atoms with van der Waals surface area (Å²) < 4.78 is 7.51. The molecule has 0 saturated carbocycles. The van der Waals surface area contributed by atoms with Crippen LogP contribution in [0.15, 0.2) is 30.7 Å². The molecule has 1 saturated heterocycles. The first-order valence-corrected chi connectivity index (χ1v) is 7.45. The molecule has 22 heavy (non-hydrogen) atoms. The number of nitrogens with zero attached hydrogens (tertiary/aromatic N) is 4. The van der Waals surface area contributed by atoms with Crippen LogP contribution in [0.5, 0.6) is 0 Å². The van der Waals surface area contributed by atoms with Crippen LogP contribution in [0.1, 0.15) is 30.3 Å². The molecule has 0 amide bonds. The Bertz CT molecular complexity index is 652. The van der Waals surface area contributed by atoms with Crippen molar-refractivity contribution in [3.8, 4) is 6.07 Å². The van der Waals surface area contributed by atoms with Gasteiger partial charge in [0, 0.05) is 38.9 Å². The molecule has 1 N–H and O–H groups in total. The molecule has 0 spiro atoms. The number of ether oxygens (including phenoxy) is 1. The van der Waals surface area contributed by atoms with Crippen LogP contribution in [0.25, 0.3) is 0 Å². The average Bonchev–Trinajstić information content (AvgIpc) is 3.00. The molecule has 0 aliphatic carbocycles. The fourth-order valence-corrected chi connectivity index (χ4v) is 2.82. The monoisotopic (exact) mass is 297 g/mol. The maximum Gasteiger partial charge on any atom is 0.131 e. The van der Waals surface area contributed by atoms with Crippen LogP contribution in [-0.2, 0) is 11.8 Å². The number of nitrogens with one attached hydrogen (secondary N) is 1. The molecule has 6 nitrogen and oxygen atoms in total. The van der Waals surface area contributed by atoms with E-state index in [-0.39, 0.29) is 6.04 Å². The lowest BCUT2D eigenvalue weighted by molar-refractivity contribution is 0.0594. The van der Waals surface area contributed by atoms with E-state index in [0.717, 1.165) is 37.7 Å². The van der Waals surface area contributed by atoms with Gasteiger partial charge in [-0.05, 0) is 30.9 Å². The maximum absolute atomic E-state index is 8.86. The molecule has 114 valence electrons. The third kappa shape index (κ3) is 3.10. The third-order valence-electron chi connectivity index (χ3n) is 4.07. The first-order valence-electron chi connectivity index (χ1n) is 7.45. The summed E-state index contributed by atoms with van der Waals surface area (Å²) in [7, 11) is 2.00. The van der Waals surface area contributed by atoms with E-state index in [4.69, 9.17) is 10.00 Å². The molecule has 2 aromatic rings.